The number of piperidine rings is 1. The first-order valence-electron chi connectivity index (χ1n) is 7.40. The maximum absolute atomic E-state index is 12.7. The molecule has 1 aliphatic heterocycles. The zero-order valence-corrected chi connectivity index (χ0v) is 12.4. The monoisotopic (exact) mass is 279 g/mol. The van der Waals surface area contributed by atoms with Crippen molar-refractivity contribution in [2.45, 2.75) is 39.2 Å². The number of carbonyl (C=O) groups is 1. The molecular weight excluding hydrogens is 254 g/mol. The molecule has 5 nitrogen and oxygen atoms in total. The van der Waals surface area contributed by atoms with E-state index in [1.807, 2.05) is 29.5 Å². The number of aliphatic hydroxyl groups is 1. The van der Waals surface area contributed by atoms with Gasteiger partial charge in [0.2, 0.25) is 0 Å². The summed E-state index contributed by atoms with van der Waals surface area (Å²) in [5.74, 6) is 0.468. The number of amides is 1. The first-order valence-corrected chi connectivity index (χ1v) is 7.40. The van der Waals surface area contributed by atoms with Gasteiger partial charge in [-0.1, -0.05) is 0 Å². The fraction of sp³-hybridized carbons (Fsp3) is 0.667. The first-order chi connectivity index (χ1) is 9.52. The number of carbonyl (C=O) groups excluding carboxylic acids is 1. The van der Waals surface area contributed by atoms with Gasteiger partial charge < -0.3 is 20.3 Å². The van der Waals surface area contributed by atoms with Crippen molar-refractivity contribution >= 4 is 11.6 Å². The highest BCUT2D eigenvalue weighted by molar-refractivity contribution is 5.94. The minimum Gasteiger partial charge on any atom is -0.397 e. The summed E-state index contributed by atoms with van der Waals surface area (Å²) in [6.45, 7) is 5.82. The van der Waals surface area contributed by atoms with Crippen LogP contribution in [0.1, 0.15) is 49.6 Å². The van der Waals surface area contributed by atoms with Gasteiger partial charge in [0.05, 0.1) is 5.69 Å². The van der Waals surface area contributed by atoms with Crippen LogP contribution in [0, 0.1) is 5.92 Å². The molecule has 1 fully saturated rings. The highest BCUT2D eigenvalue weighted by Gasteiger charge is 2.26. The smallest absolute Gasteiger partial charge is 0.270 e. The Bertz CT molecular complexity index is 466. The second-order valence-electron chi connectivity index (χ2n) is 5.93. The van der Waals surface area contributed by atoms with E-state index in [9.17, 15) is 4.79 Å². The molecule has 2 heterocycles. The number of aromatic nitrogens is 1. The van der Waals surface area contributed by atoms with Gasteiger partial charge in [-0.2, -0.15) is 0 Å². The molecule has 1 aromatic rings. The molecule has 1 unspecified atom stereocenters. The van der Waals surface area contributed by atoms with Gasteiger partial charge in [0, 0.05) is 31.9 Å². The maximum Gasteiger partial charge on any atom is 0.270 e. The summed E-state index contributed by atoms with van der Waals surface area (Å²) >= 11 is 0. The maximum atomic E-state index is 12.7. The summed E-state index contributed by atoms with van der Waals surface area (Å²) in [5, 5.41) is 9.06. The summed E-state index contributed by atoms with van der Waals surface area (Å²) in [6, 6.07) is 1.97. The van der Waals surface area contributed by atoms with E-state index in [0.717, 1.165) is 32.4 Å². The van der Waals surface area contributed by atoms with Crippen LogP contribution in [0.3, 0.4) is 0 Å². The minimum absolute atomic E-state index is 0.0537. The van der Waals surface area contributed by atoms with Crippen molar-refractivity contribution < 1.29 is 9.90 Å². The van der Waals surface area contributed by atoms with E-state index in [2.05, 4.69) is 0 Å². The van der Waals surface area contributed by atoms with E-state index >= 15 is 0 Å². The topological polar surface area (TPSA) is 71.5 Å². The van der Waals surface area contributed by atoms with Crippen molar-refractivity contribution in [3.8, 4) is 0 Å². The van der Waals surface area contributed by atoms with Crippen LogP contribution >= 0.6 is 0 Å². The van der Waals surface area contributed by atoms with Crippen LogP contribution in [0.2, 0.25) is 0 Å². The van der Waals surface area contributed by atoms with Crippen LogP contribution in [-0.4, -0.2) is 40.2 Å². The van der Waals surface area contributed by atoms with Gasteiger partial charge in [0.15, 0.2) is 0 Å². The molecule has 1 saturated heterocycles. The van der Waals surface area contributed by atoms with Gasteiger partial charge in [-0.25, -0.2) is 0 Å². The Morgan fingerprint density at radius 1 is 1.55 bits per heavy atom. The third kappa shape index (κ3) is 3.15. The van der Waals surface area contributed by atoms with E-state index in [-0.39, 0.29) is 18.6 Å². The lowest BCUT2D eigenvalue weighted by Gasteiger charge is -2.33. The van der Waals surface area contributed by atoms with Crippen LogP contribution < -0.4 is 5.73 Å². The number of nitrogen functional groups attached to an aromatic ring is 1. The Balaban J connectivity index is 2.14. The Kier molecular flexibility index (Phi) is 4.70. The highest BCUT2D eigenvalue weighted by Crippen LogP contribution is 2.23. The van der Waals surface area contributed by atoms with E-state index in [4.69, 9.17) is 10.8 Å². The van der Waals surface area contributed by atoms with E-state index in [1.165, 1.54) is 0 Å². The van der Waals surface area contributed by atoms with Crippen LogP contribution in [-0.2, 0) is 0 Å². The molecule has 20 heavy (non-hydrogen) atoms. The quantitative estimate of drug-likeness (QED) is 0.884. The molecule has 0 saturated carbocycles. The van der Waals surface area contributed by atoms with Crippen molar-refractivity contribution in [2.24, 2.45) is 5.92 Å². The molecule has 3 N–H and O–H groups in total. The summed E-state index contributed by atoms with van der Waals surface area (Å²) in [5.41, 5.74) is 7.13. The molecule has 0 aromatic carbocycles. The fourth-order valence-electron chi connectivity index (χ4n) is 2.93. The van der Waals surface area contributed by atoms with Crippen molar-refractivity contribution in [3.05, 3.63) is 18.0 Å². The summed E-state index contributed by atoms with van der Waals surface area (Å²) in [6.07, 6.45) is 4.70. The molecule has 1 atom stereocenters. The molecule has 112 valence electrons. The van der Waals surface area contributed by atoms with Crippen molar-refractivity contribution in [2.75, 3.05) is 25.4 Å². The Labute approximate surface area is 120 Å². The molecular formula is C15H25N3O2. The lowest BCUT2D eigenvalue weighted by atomic mass is 9.95. The zero-order valence-electron chi connectivity index (χ0n) is 12.4. The van der Waals surface area contributed by atoms with Crippen molar-refractivity contribution in [1.82, 2.24) is 9.47 Å². The predicted molar refractivity (Wildman–Crippen MR) is 79.6 cm³/mol. The van der Waals surface area contributed by atoms with Crippen molar-refractivity contribution in [3.63, 3.8) is 0 Å². The normalized spacial score (nSPS) is 19.6. The van der Waals surface area contributed by atoms with Crippen molar-refractivity contribution in [1.29, 1.82) is 0 Å². The first kappa shape index (κ1) is 14.9. The molecule has 0 aliphatic carbocycles. The number of aliphatic hydroxyl groups excluding tert-OH is 1. The van der Waals surface area contributed by atoms with E-state index < -0.39 is 0 Å². The standard InChI is InChI=1S/C15H25N3O2/c1-11(2)18-10-13(16)8-14(18)15(20)17-6-3-4-12(9-17)5-7-19/h8,10-12,19H,3-7,9,16H2,1-2H3. The molecule has 0 bridgehead atoms. The van der Waals surface area contributed by atoms with Gasteiger partial charge in [-0.3, -0.25) is 4.79 Å². The molecule has 2 rings (SSSR count). The van der Waals surface area contributed by atoms with Gasteiger partial charge in [0.1, 0.15) is 5.69 Å². The number of anilines is 1. The number of rotatable bonds is 4. The average molecular weight is 279 g/mol. The van der Waals surface area contributed by atoms with Crippen LogP contribution in [0.5, 0.6) is 0 Å². The highest BCUT2D eigenvalue weighted by atomic mass is 16.3. The lowest BCUT2D eigenvalue weighted by Crippen LogP contribution is -2.41. The summed E-state index contributed by atoms with van der Waals surface area (Å²) in [4.78, 5) is 14.6. The largest absolute Gasteiger partial charge is 0.397 e. The van der Waals surface area contributed by atoms with Gasteiger partial charge >= 0.3 is 0 Å². The second-order valence-corrected chi connectivity index (χ2v) is 5.93. The Morgan fingerprint density at radius 3 is 2.95 bits per heavy atom. The number of likely N-dealkylation sites (tertiary alicyclic amines) is 1. The van der Waals surface area contributed by atoms with Crippen LogP contribution in [0.4, 0.5) is 5.69 Å². The number of nitrogens with two attached hydrogens (primary N) is 1. The molecule has 1 aromatic heterocycles. The summed E-state index contributed by atoms with van der Waals surface area (Å²) < 4.78 is 1.94. The zero-order chi connectivity index (χ0) is 14.7. The number of hydrogen-bond donors (Lipinski definition) is 2. The van der Waals surface area contributed by atoms with E-state index in [1.54, 1.807) is 6.07 Å². The molecule has 1 amide bonds. The lowest BCUT2D eigenvalue weighted by molar-refractivity contribution is 0.0641. The predicted octanol–water partition coefficient (Wildman–Crippen LogP) is 1.89. The molecule has 0 spiro atoms. The van der Waals surface area contributed by atoms with Crippen LogP contribution in [0.15, 0.2) is 12.3 Å². The third-order valence-corrected chi connectivity index (χ3v) is 3.99. The van der Waals surface area contributed by atoms with E-state index in [0.29, 0.717) is 17.3 Å². The minimum atomic E-state index is 0.0537. The molecule has 5 heteroatoms. The Hall–Kier alpha value is -1.49. The van der Waals surface area contributed by atoms with Crippen LogP contribution in [0.25, 0.3) is 0 Å². The Morgan fingerprint density at radius 2 is 2.30 bits per heavy atom. The van der Waals surface area contributed by atoms with Gasteiger partial charge in [0.25, 0.3) is 5.91 Å². The third-order valence-electron chi connectivity index (χ3n) is 3.99. The molecule has 0 radical (unpaired) electrons. The second kappa shape index (κ2) is 6.31. The molecule has 1 aliphatic rings. The SMILES string of the molecule is CC(C)n1cc(N)cc1C(=O)N1CCCC(CCO)C1. The number of hydrogen-bond acceptors (Lipinski definition) is 3. The fourth-order valence-corrected chi connectivity index (χ4v) is 2.93. The average Bonchev–Trinajstić information content (AvgIpc) is 2.81. The number of nitrogens with zero attached hydrogens (tertiary/aromatic N) is 2. The summed E-state index contributed by atoms with van der Waals surface area (Å²) in [7, 11) is 0. The van der Waals surface area contributed by atoms with Gasteiger partial charge in [-0.15, -0.1) is 0 Å². The van der Waals surface area contributed by atoms with Gasteiger partial charge in [-0.05, 0) is 45.1 Å².